The van der Waals surface area contributed by atoms with Gasteiger partial charge in [0.05, 0.1) is 13.5 Å². The number of rotatable bonds is 7. The Bertz CT molecular complexity index is 632. The molecule has 3 nitrogen and oxygen atoms in total. The summed E-state index contributed by atoms with van der Waals surface area (Å²) >= 11 is 1.65. The van der Waals surface area contributed by atoms with E-state index in [4.69, 9.17) is 4.74 Å². The maximum atomic E-state index is 12.8. The summed E-state index contributed by atoms with van der Waals surface area (Å²) in [7, 11) is 1.67. The van der Waals surface area contributed by atoms with Crippen LogP contribution in [-0.4, -0.2) is 24.0 Å². The zero-order chi connectivity index (χ0) is 16.2. The summed E-state index contributed by atoms with van der Waals surface area (Å²) in [5, 5.41) is 2.03. The van der Waals surface area contributed by atoms with Gasteiger partial charge in [-0.25, -0.2) is 0 Å². The molecule has 1 aliphatic carbocycles. The SMILES string of the molecule is COc1ccc(CN(C(=O)Cc2cccs2)C(C)C2CC2)cc1. The van der Waals surface area contributed by atoms with Crippen LogP contribution in [0.1, 0.15) is 30.2 Å². The average molecular weight is 329 g/mol. The van der Waals surface area contributed by atoms with Gasteiger partial charge in [0.2, 0.25) is 5.91 Å². The summed E-state index contributed by atoms with van der Waals surface area (Å²) in [6.07, 6.45) is 2.99. The molecular weight excluding hydrogens is 306 g/mol. The lowest BCUT2D eigenvalue weighted by Gasteiger charge is -2.29. The van der Waals surface area contributed by atoms with E-state index >= 15 is 0 Å². The fourth-order valence-corrected chi connectivity index (χ4v) is 3.58. The summed E-state index contributed by atoms with van der Waals surface area (Å²) in [5.74, 6) is 1.74. The summed E-state index contributed by atoms with van der Waals surface area (Å²) in [6, 6.07) is 12.4. The molecule has 0 saturated heterocycles. The highest BCUT2D eigenvalue weighted by molar-refractivity contribution is 7.10. The fourth-order valence-electron chi connectivity index (χ4n) is 2.88. The van der Waals surface area contributed by atoms with Crippen molar-refractivity contribution in [1.82, 2.24) is 4.90 Å². The zero-order valence-corrected chi connectivity index (χ0v) is 14.5. The Kier molecular flexibility index (Phi) is 5.01. The third kappa shape index (κ3) is 4.14. The van der Waals surface area contributed by atoms with Gasteiger partial charge in [0.1, 0.15) is 5.75 Å². The number of carbonyl (C=O) groups excluding carboxylic acids is 1. The third-order valence-electron chi connectivity index (χ3n) is 4.53. The van der Waals surface area contributed by atoms with Gasteiger partial charge in [0.25, 0.3) is 0 Å². The Morgan fingerprint density at radius 3 is 2.61 bits per heavy atom. The van der Waals surface area contributed by atoms with E-state index in [1.807, 2.05) is 41.8 Å². The monoisotopic (exact) mass is 329 g/mol. The van der Waals surface area contributed by atoms with Crippen LogP contribution in [0.4, 0.5) is 0 Å². The summed E-state index contributed by atoms with van der Waals surface area (Å²) < 4.78 is 5.21. The number of benzene rings is 1. The van der Waals surface area contributed by atoms with Crippen molar-refractivity contribution < 1.29 is 9.53 Å². The van der Waals surface area contributed by atoms with E-state index in [0.29, 0.717) is 24.9 Å². The minimum absolute atomic E-state index is 0.225. The van der Waals surface area contributed by atoms with Gasteiger partial charge in [0, 0.05) is 17.5 Å². The molecule has 1 fully saturated rings. The van der Waals surface area contributed by atoms with E-state index in [9.17, 15) is 4.79 Å². The number of hydrogen-bond acceptors (Lipinski definition) is 3. The van der Waals surface area contributed by atoms with Crippen molar-refractivity contribution >= 4 is 17.2 Å². The van der Waals surface area contributed by atoms with Gasteiger partial charge >= 0.3 is 0 Å². The number of thiophene rings is 1. The quantitative estimate of drug-likeness (QED) is 0.764. The maximum absolute atomic E-state index is 12.8. The molecule has 1 aromatic carbocycles. The molecule has 23 heavy (non-hydrogen) atoms. The number of carbonyl (C=O) groups is 1. The first kappa shape index (κ1) is 16.1. The lowest BCUT2D eigenvalue weighted by atomic mass is 10.1. The lowest BCUT2D eigenvalue weighted by Crippen LogP contribution is -2.40. The molecule has 1 amide bonds. The van der Waals surface area contributed by atoms with Crippen LogP contribution in [0.15, 0.2) is 41.8 Å². The molecule has 1 aliphatic rings. The van der Waals surface area contributed by atoms with Crippen LogP contribution >= 0.6 is 11.3 Å². The predicted molar refractivity (Wildman–Crippen MR) is 93.8 cm³/mol. The van der Waals surface area contributed by atoms with Crippen molar-refractivity contribution in [2.45, 2.75) is 38.8 Å². The van der Waals surface area contributed by atoms with Gasteiger partial charge < -0.3 is 9.64 Å². The summed E-state index contributed by atoms with van der Waals surface area (Å²) in [6.45, 7) is 2.86. The normalized spacial score (nSPS) is 15.2. The average Bonchev–Trinajstić information content (AvgIpc) is 3.30. The van der Waals surface area contributed by atoms with Gasteiger partial charge in [-0.15, -0.1) is 11.3 Å². The van der Waals surface area contributed by atoms with E-state index in [1.54, 1.807) is 18.4 Å². The molecule has 0 bridgehead atoms. The molecule has 1 unspecified atom stereocenters. The minimum Gasteiger partial charge on any atom is -0.497 e. The van der Waals surface area contributed by atoms with Crippen molar-refractivity contribution in [3.63, 3.8) is 0 Å². The lowest BCUT2D eigenvalue weighted by molar-refractivity contribution is -0.133. The Labute approximate surface area is 141 Å². The van der Waals surface area contributed by atoms with Crippen LogP contribution in [-0.2, 0) is 17.8 Å². The second-order valence-corrected chi connectivity index (χ2v) is 7.24. The van der Waals surface area contributed by atoms with Gasteiger partial charge in [0.15, 0.2) is 0 Å². The highest BCUT2D eigenvalue weighted by Gasteiger charge is 2.34. The molecular formula is C19H23NO2S. The molecule has 0 N–H and O–H groups in total. The molecule has 4 heteroatoms. The Balaban J connectivity index is 1.72. The molecule has 1 aromatic heterocycles. The maximum Gasteiger partial charge on any atom is 0.228 e. The third-order valence-corrected chi connectivity index (χ3v) is 5.41. The van der Waals surface area contributed by atoms with Gasteiger partial charge in [-0.05, 0) is 54.8 Å². The van der Waals surface area contributed by atoms with Gasteiger partial charge in [-0.2, -0.15) is 0 Å². The van der Waals surface area contributed by atoms with Crippen molar-refractivity contribution in [2.24, 2.45) is 5.92 Å². The number of methoxy groups -OCH3 is 1. The standard InChI is InChI=1S/C19H23NO2S/c1-14(16-7-8-16)20(19(21)12-18-4-3-11-23-18)13-15-5-9-17(22-2)10-6-15/h3-6,9-11,14,16H,7-8,12-13H2,1-2H3. The summed E-state index contributed by atoms with van der Waals surface area (Å²) in [4.78, 5) is 16.0. The second kappa shape index (κ2) is 7.18. The van der Waals surface area contributed by atoms with Crippen LogP contribution in [0.25, 0.3) is 0 Å². The zero-order valence-electron chi connectivity index (χ0n) is 13.7. The molecule has 3 rings (SSSR count). The van der Waals surface area contributed by atoms with E-state index in [2.05, 4.69) is 11.8 Å². The van der Waals surface area contributed by atoms with Crippen molar-refractivity contribution in [1.29, 1.82) is 0 Å². The molecule has 0 aliphatic heterocycles. The first-order valence-electron chi connectivity index (χ1n) is 8.12. The van der Waals surface area contributed by atoms with Gasteiger partial charge in [-0.1, -0.05) is 18.2 Å². The fraction of sp³-hybridized carbons (Fsp3) is 0.421. The van der Waals surface area contributed by atoms with Crippen LogP contribution in [0.3, 0.4) is 0 Å². The molecule has 0 radical (unpaired) electrons. The molecule has 1 heterocycles. The highest BCUT2D eigenvalue weighted by Crippen LogP contribution is 2.36. The highest BCUT2D eigenvalue weighted by atomic mass is 32.1. The Morgan fingerprint density at radius 2 is 2.04 bits per heavy atom. The molecule has 1 atom stereocenters. The van der Waals surface area contributed by atoms with Crippen LogP contribution in [0.5, 0.6) is 5.75 Å². The minimum atomic E-state index is 0.225. The Hall–Kier alpha value is -1.81. The smallest absolute Gasteiger partial charge is 0.228 e. The summed E-state index contributed by atoms with van der Waals surface area (Å²) in [5.41, 5.74) is 1.15. The van der Waals surface area contributed by atoms with Crippen LogP contribution in [0.2, 0.25) is 0 Å². The number of amides is 1. The second-order valence-electron chi connectivity index (χ2n) is 6.20. The van der Waals surface area contributed by atoms with Crippen LogP contribution in [0, 0.1) is 5.92 Å². The van der Waals surface area contributed by atoms with Crippen molar-refractivity contribution in [3.05, 3.63) is 52.2 Å². The van der Waals surface area contributed by atoms with E-state index in [-0.39, 0.29) is 5.91 Å². The topological polar surface area (TPSA) is 29.5 Å². The van der Waals surface area contributed by atoms with E-state index in [0.717, 1.165) is 16.2 Å². The molecule has 2 aromatic rings. The molecule has 1 saturated carbocycles. The number of hydrogen-bond donors (Lipinski definition) is 0. The van der Waals surface area contributed by atoms with E-state index < -0.39 is 0 Å². The van der Waals surface area contributed by atoms with Gasteiger partial charge in [-0.3, -0.25) is 4.79 Å². The van der Waals surface area contributed by atoms with Crippen molar-refractivity contribution in [3.8, 4) is 5.75 Å². The first-order chi connectivity index (χ1) is 11.2. The van der Waals surface area contributed by atoms with Crippen LogP contribution < -0.4 is 4.74 Å². The van der Waals surface area contributed by atoms with E-state index in [1.165, 1.54) is 12.8 Å². The number of ether oxygens (including phenoxy) is 1. The first-order valence-corrected chi connectivity index (χ1v) is 9.00. The Morgan fingerprint density at radius 1 is 1.30 bits per heavy atom. The number of nitrogens with zero attached hydrogens (tertiary/aromatic N) is 1. The largest absolute Gasteiger partial charge is 0.497 e. The predicted octanol–water partition coefficient (Wildman–Crippen LogP) is 4.13. The van der Waals surface area contributed by atoms with Crippen molar-refractivity contribution in [2.75, 3.05) is 7.11 Å². The molecule has 122 valence electrons. The molecule has 0 spiro atoms.